The van der Waals surface area contributed by atoms with Crippen LogP contribution in [0.2, 0.25) is 0 Å². The van der Waals surface area contributed by atoms with E-state index in [1.54, 1.807) is 0 Å². The van der Waals surface area contributed by atoms with Gasteiger partial charge in [-0.25, -0.2) is 0 Å². The van der Waals surface area contributed by atoms with Gasteiger partial charge in [-0.05, 0) is 32.1 Å². The van der Waals surface area contributed by atoms with Gasteiger partial charge in [-0.3, -0.25) is 14.4 Å². The van der Waals surface area contributed by atoms with Gasteiger partial charge in [-0.2, -0.15) is 0 Å². The van der Waals surface area contributed by atoms with Crippen molar-refractivity contribution in [3.8, 4) is 0 Å². The maximum atomic E-state index is 14.3. The van der Waals surface area contributed by atoms with Crippen molar-refractivity contribution in [2.75, 3.05) is 19.8 Å². The number of aliphatic hydroxyl groups is 1. The predicted octanol–water partition coefficient (Wildman–Crippen LogP) is 2.45. The number of cyclic esters (lactones) is 1. The average molecular weight is 489 g/mol. The van der Waals surface area contributed by atoms with E-state index in [9.17, 15) is 19.5 Å². The topological polar surface area (TPSA) is 96.4 Å². The van der Waals surface area contributed by atoms with Crippen molar-refractivity contribution in [2.24, 2.45) is 17.8 Å². The monoisotopic (exact) mass is 488 g/mol. The van der Waals surface area contributed by atoms with Crippen molar-refractivity contribution in [2.45, 2.75) is 89.6 Å². The zero-order valence-electron chi connectivity index (χ0n) is 21.6. The highest BCUT2D eigenvalue weighted by atomic mass is 16.6. The third-order valence-electron chi connectivity index (χ3n) is 8.42. The summed E-state index contributed by atoms with van der Waals surface area (Å²) in [6.45, 7) is 10.3. The maximum absolute atomic E-state index is 14.3. The first kappa shape index (κ1) is 25.9. The van der Waals surface area contributed by atoms with Crippen molar-refractivity contribution in [1.82, 2.24) is 9.80 Å². The number of rotatable bonds is 7. The van der Waals surface area contributed by atoms with E-state index in [0.29, 0.717) is 19.4 Å². The van der Waals surface area contributed by atoms with Crippen LogP contribution in [0.5, 0.6) is 0 Å². The molecule has 8 heteroatoms. The molecule has 4 heterocycles. The summed E-state index contributed by atoms with van der Waals surface area (Å²) in [5, 5.41) is 10.3. The average Bonchev–Trinajstić information content (AvgIpc) is 3.15. The summed E-state index contributed by atoms with van der Waals surface area (Å²) < 4.78 is 12.4. The molecule has 194 valence electrons. The Kier molecular flexibility index (Phi) is 7.17. The number of fused-ring (bicyclic) bond motifs is 2. The fraction of sp³-hybridized carbons (Fsp3) is 0.741. The summed E-state index contributed by atoms with van der Waals surface area (Å²) in [4.78, 5) is 45.3. The molecule has 0 aliphatic carbocycles. The number of esters is 1. The third kappa shape index (κ3) is 3.84. The van der Waals surface area contributed by atoms with Gasteiger partial charge in [0.15, 0.2) is 0 Å². The molecule has 2 saturated heterocycles. The minimum absolute atomic E-state index is 0.0185. The Hall–Kier alpha value is -2.19. The lowest BCUT2D eigenvalue weighted by Gasteiger charge is -2.42. The van der Waals surface area contributed by atoms with Crippen LogP contribution in [0.1, 0.15) is 60.3 Å². The van der Waals surface area contributed by atoms with Gasteiger partial charge in [0, 0.05) is 12.6 Å². The number of aliphatic hydroxyl groups excluding tert-OH is 1. The number of amides is 2. The van der Waals surface area contributed by atoms with E-state index >= 15 is 0 Å². The fourth-order valence-electron chi connectivity index (χ4n) is 6.63. The second-order valence-electron chi connectivity index (χ2n) is 10.8. The third-order valence-corrected chi connectivity index (χ3v) is 8.42. The molecule has 0 radical (unpaired) electrons. The normalized spacial score (nSPS) is 36.3. The van der Waals surface area contributed by atoms with Crippen LogP contribution in [-0.2, 0) is 23.9 Å². The predicted molar refractivity (Wildman–Crippen MR) is 130 cm³/mol. The standard InChI is InChI=1S/C27H40N2O6/c1-6-11-18(5)28-14-10-13-27-20(21-25(33)34-15-9-8-12-26(21,7-2)35-27)23(31)29(22(27)24(28)32)19(16-30)17(3)4/h8,10,12-13,17-22,30H,6-7,9,11,14-16H2,1-5H3/t18?,19-,20-,21+,22?,26-,27-/m0/s1. The summed E-state index contributed by atoms with van der Waals surface area (Å²) >= 11 is 0. The molecule has 0 aromatic rings. The molecular formula is C27H40N2O6. The van der Waals surface area contributed by atoms with Crippen molar-refractivity contribution in [1.29, 1.82) is 0 Å². The van der Waals surface area contributed by atoms with Crippen molar-refractivity contribution >= 4 is 17.8 Å². The number of hydrogen-bond donors (Lipinski definition) is 1. The highest BCUT2D eigenvalue weighted by Crippen LogP contribution is 2.58. The first-order valence-electron chi connectivity index (χ1n) is 13.1. The molecule has 2 amide bonds. The Bertz CT molecular complexity index is 915. The molecule has 0 aromatic carbocycles. The molecule has 1 N–H and O–H groups in total. The molecule has 1 spiro atoms. The first-order chi connectivity index (χ1) is 16.7. The van der Waals surface area contributed by atoms with E-state index in [-0.39, 0.29) is 37.0 Å². The molecule has 4 aliphatic heterocycles. The maximum Gasteiger partial charge on any atom is 0.313 e. The van der Waals surface area contributed by atoms with Gasteiger partial charge in [0.1, 0.15) is 23.2 Å². The Morgan fingerprint density at radius 1 is 1.09 bits per heavy atom. The first-order valence-corrected chi connectivity index (χ1v) is 13.1. The number of hydrogen-bond acceptors (Lipinski definition) is 6. The highest BCUT2D eigenvalue weighted by Gasteiger charge is 2.76. The van der Waals surface area contributed by atoms with E-state index in [4.69, 9.17) is 9.47 Å². The van der Waals surface area contributed by atoms with E-state index in [1.165, 1.54) is 4.90 Å². The van der Waals surface area contributed by atoms with E-state index < -0.39 is 41.1 Å². The lowest BCUT2D eigenvalue weighted by Crippen LogP contribution is -2.60. The Labute approximate surface area is 208 Å². The van der Waals surface area contributed by atoms with Gasteiger partial charge >= 0.3 is 5.97 Å². The molecule has 2 unspecified atom stereocenters. The smallest absolute Gasteiger partial charge is 0.313 e. The number of nitrogens with zero attached hydrogens (tertiary/aromatic N) is 2. The van der Waals surface area contributed by atoms with Gasteiger partial charge in [0.25, 0.3) is 0 Å². The molecule has 0 saturated carbocycles. The van der Waals surface area contributed by atoms with Crippen molar-refractivity contribution < 1.29 is 29.0 Å². The van der Waals surface area contributed by atoms with Gasteiger partial charge in [0.05, 0.1) is 25.2 Å². The summed E-state index contributed by atoms with van der Waals surface area (Å²) in [6.07, 6.45) is 10.4. The fourth-order valence-corrected chi connectivity index (χ4v) is 6.63. The van der Waals surface area contributed by atoms with Crippen LogP contribution < -0.4 is 0 Å². The van der Waals surface area contributed by atoms with Gasteiger partial charge in [-0.1, -0.05) is 58.4 Å². The molecule has 8 nitrogen and oxygen atoms in total. The van der Waals surface area contributed by atoms with Crippen LogP contribution in [0.25, 0.3) is 0 Å². The van der Waals surface area contributed by atoms with Gasteiger partial charge < -0.3 is 24.4 Å². The van der Waals surface area contributed by atoms with Gasteiger partial charge in [0.2, 0.25) is 11.8 Å². The number of likely N-dealkylation sites (tertiary alicyclic amines) is 1. The molecule has 0 aromatic heterocycles. The summed E-state index contributed by atoms with van der Waals surface area (Å²) in [5.41, 5.74) is -2.35. The van der Waals surface area contributed by atoms with E-state index in [1.807, 2.05) is 56.9 Å². The highest BCUT2D eigenvalue weighted by molar-refractivity contribution is 5.99. The minimum Gasteiger partial charge on any atom is -0.465 e. The Morgan fingerprint density at radius 3 is 2.46 bits per heavy atom. The van der Waals surface area contributed by atoms with Crippen molar-refractivity contribution in [3.63, 3.8) is 0 Å². The number of carbonyl (C=O) groups is 3. The van der Waals surface area contributed by atoms with Crippen LogP contribution >= 0.6 is 0 Å². The summed E-state index contributed by atoms with van der Waals surface area (Å²) in [5.74, 6) is -2.84. The zero-order chi connectivity index (χ0) is 25.5. The second kappa shape index (κ2) is 9.69. The quantitative estimate of drug-likeness (QED) is 0.437. The van der Waals surface area contributed by atoms with Crippen LogP contribution in [0.4, 0.5) is 0 Å². The lowest BCUT2D eigenvalue weighted by molar-refractivity contribution is -0.164. The van der Waals surface area contributed by atoms with Crippen LogP contribution in [0.15, 0.2) is 24.3 Å². The Morgan fingerprint density at radius 2 is 1.83 bits per heavy atom. The SMILES string of the molecule is CCCC(C)N1CC=C[C@]23O[C@@]4(CC)C=CCCOC(=O)[C@H]4[C@H]2C(=O)N([C@@H](CO)C(C)C)C3C1=O. The molecule has 35 heavy (non-hydrogen) atoms. The minimum atomic E-state index is -1.31. The molecule has 0 bridgehead atoms. The molecule has 4 rings (SSSR count). The summed E-state index contributed by atoms with van der Waals surface area (Å²) in [7, 11) is 0. The largest absolute Gasteiger partial charge is 0.465 e. The molecule has 4 aliphatic rings. The van der Waals surface area contributed by atoms with E-state index in [0.717, 1.165) is 12.8 Å². The molecule has 7 atom stereocenters. The van der Waals surface area contributed by atoms with E-state index in [2.05, 4.69) is 6.92 Å². The molecule has 2 fully saturated rings. The van der Waals surface area contributed by atoms with Crippen LogP contribution in [0, 0.1) is 17.8 Å². The molecular weight excluding hydrogens is 448 g/mol. The van der Waals surface area contributed by atoms with Crippen molar-refractivity contribution in [3.05, 3.63) is 24.3 Å². The number of carbonyl (C=O) groups excluding carboxylic acids is 3. The lowest BCUT2D eigenvalue weighted by atomic mass is 9.73. The Balaban J connectivity index is 1.92. The number of ether oxygens (including phenoxy) is 2. The summed E-state index contributed by atoms with van der Waals surface area (Å²) in [6, 6.07) is -1.56. The van der Waals surface area contributed by atoms with Gasteiger partial charge in [-0.15, -0.1) is 0 Å². The zero-order valence-corrected chi connectivity index (χ0v) is 21.6. The van der Waals surface area contributed by atoms with Crippen LogP contribution in [-0.4, -0.2) is 81.8 Å². The second-order valence-corrected chi connectivity index (χ2v) is 10.8. The van der Waals surface area contributed by atoms with Crippen LogP contribution in [0.3, 0.4) is 0 Å².